The number of fused-ring (bicyclic) bond motifs is 1. The van der Waals surface area contributed by atoms with Crippen molar-refractivity contribution in [3.63, 3.8) is 0 Å². The van der Waals surface area contributed by atoms with E-state index < -0.39 is 0 Å². The maximum Gasteiger partial charge on any atom is 0.241 e. The number of hydrogen-bond acceptors (Lipinski definition) is 3. The van der Waals surface area contributed by atoms with E-state index in [1.807, 2.05) is 61.3 Å². The topological polar surface area (TPSA) is 52.7 Å². The monoisotopic (exact) mass is 351 g/mol. The van der Waals surface area contributed by atoms with E-state index >= 15 is 0 Å². The van der Waals surface area contributed by atoms with Gasteiger partial charge in [0.1, 0.15) is 0 Å². The number of nitrogens with one attached hydrogen (secondary N) is 1. The number of anilines is 2. The van der Waals surface area contributed by atoms with Crippen LogP contribution in [-0.2, 0) is 9.59 Å². The summed E-state index contributed by atoms with van der Waals surface area (Å²) in [5.74, 6) is -0.0713. The molecule has 0 aromatic heterocycles. The second-order valence-electron chi connectivity index (χ2n) is 6.88. The van der Waals surface area contributed by atoms with E-state index in [1.165, 1.54) is 5.56 Å². The smallest absolute Gasteiger partial charge is 0.241 e. The molecular weight excluding hydrogens is 326 g/mol. The Bertz CT molecular complexity index is 791. The molecule has 3 rings (SSSR count). The van der Waals surface area contributed by atoms with Gasteiger partial charge in [0, 0.05) is 18.5 Å². The van der Waals surface area contributed by atoms with Gasteiger partial charge in [0.05, 0.1) is 17.9 Å². The molecule has 5 nitrogen and oxygen atoms in total. The minimum atomic E-state index is -0.188. The van der Waals surface area contributed by atoms with E-state index in [1.54, 1.807) is 4.90 Å². The van der Waals surface area contributed by atoms with Crippen molar-refractivity contribution in [1.82, 2.24) is 4.90 Å². The molecule has 0 radical (unpaired) electrons. The molecule has 1 aliphatic heterocycles. The average molecular weight is 351 g/mol. The molecule has 2 aromatic rings. The van der Waals surface area contributed by atoms with Crippen LogP contribution in [0.25, 0.3) is 0 Å². The zero-order chi connectivity index (χ0) is 18.7. The van der Waals surface area contributed by atoms with Crippen LogP contribution in [0.15, 0.2) is 54.6 Å². The van der Waals surface area contributed by atoms with Crippen LogP contribution in [0.1, 0.15) is 31.9 Å². The van der Waals surface area contributed by atoms with Crippen molar-refractivity contribution >= 4 is 23.2 Å². The maximum absolute atomic E-state index is 13.1. The standard InChI is InChI=1S/C21H25N3O2/c1-15-13-20(25)22-18-11-7-8-12-19(18)24(15)21(26)14-23(3)16(2)17-9-5-4-6-10-17/h4-12,15-16H,13-14H2,1-3H3,(H,22,25)/t15-,16-/m1/s1. The van der Waals surface area contributed by atoms with E-state index in [-0.39, 0.29) is 30.4 Å². The van der Waals surface area contributed by atoms with Gasteiger partial charge in [-0.1, -0.05) is 42.5 Å². The highest BCUT2D eigenvalue weighted by Crippen LogP contribution is 2.31. The van der Waals surface area contributed by atoms with Crippen molar-refractivity contribution < 1.29 is 9.59 Å². The van der Waals surface area contributed by atoms with Crippen molar-refractivity contribution in [1.29, 1.82) is 0 Å². The number of carbonyl (C=O) groups is 2. The Morgan fingerprint density at radius 3 is 2.58 bits per heavy atom. The summed E-state index contributed by atoms with van der Waals surface area (Å²) in [7, 11) is 1.95. The van der Waals surface area contributed by atoms with Crippen molar-refractivity contribution in [2.75, 3.05) is 23.8 Å². The van der Waals surface area contributed by atoms with Gasteiger partial charge in [-0.25, -0.2) is 0 Å². The second kappa shape index (κ2) is 7.70. The van der Waals surface area contributed by atoms with Gasteiger partial charge < -0.3 is 10.2 Å². The summed E-state index contributed by atoms with van der Waals surface area (Å²) in [5.41, 5.74) is 2.62. The third-order valence-corrected chi connectivity index (χ3v) is 4.96. The van der Waals surface area contributed by atoms with Gasteiger partial charge in [0.2, 0.25) is 11.8 Å². The van der Waals surface area contributed by atoms with E-state index in [9.17, 15) is 9.59 Å². The number of rotatable bonds is 4. The van der Waals surface area contributed by atoms with Crippen LogP contribution in [0.5, 0.6) is 0 Å². The number of carbonyl (C=O) groups excluding carboxylic acids is 2. The normalized spacial score (nSPS) is 18.1. The van der Waals surface area contributed by atoms with Crippen molar-refractivity contribution in [2.24, 2.45) is 0 Å². The van der Waals surface area contributed by atoms with Crippen LogP contribution in [-0.4, -0.2) is 36.3 Å². The fraction of sp³-hybridized carbons (Fsp3) is 0.333. The van der Waals surface area contributed by atoms with Crippen LogP contribution in [0.2, 0.25) is 0 Å². The molecule has 0 aliphatic carbocycles. The minimum absolute atomic E-state index is 0.00766. The van der Waals surface area contributed by atoms with Crippen molar-refractivity contribution in [2.45, 2.75) is 32.4 Å². The highest BCUT2D eigenvalue weighted by Gasteiger charge is 2.30. The first-order valence-electron chi connectivity index (χ1n) is 8.93. The summed E-state index contributed by atoms with van der Waals surface area (Å²) in [5, 5.41) is 2.89. The Morgan fingerprint density at radius 1 is 1.19 bits per heavy atom. The molecule has 0 saturated heterocycles. The maximum atomic E-state index is 13.1. The first-order valence-corrected chi connectivity index (χ1v) is 8.93. The summed E-state index contributed by atoms with van der Waals surface area (Å²) in [4.78, 5) is 29.0. The zero-order valence-corrected chi connectivity index (χ0v) is 15.5. The molecule has 0 spiro atoms. The van der Waals surface area contributed by atoms with Gasteiger partial charge in [0.25, 0.3) is 0 Å². The summed E-state index contributed by atoms with van der Waals surface area (Å²) in [6, 6.07) is 17.5. The third kappa shape index (κ3) is 3.78. The van der Waals surface area contributed by atoms with Crippen LogP contribution >= 0.6 is 0 Å². The molecule has 2 amide bonds. The molecule has 2 atom stereocenters. The largest absolute Gasteiger partial charge is 0.324 e. The first kappa shape index (κ1) is 18.1. The van der Waals surface area contributed by atoms with E-state index in [0.717, 1.165) is 5.69 Å². The molecule has 0 bridgehead atoms. The van der Waals surface area contributed by atoms with Gasteiger partial charge >= 0.3 is 0 Å². The Morgan fingerprint density at radius 2 is 1.85 bits per heavy atom. The molecule has 26 heavy (non-hydrogen) atoms. The van der Waals surface area contributed by atoms with Gasteiger partial charge in [-0.2, -0.15) is 0 Å². The fourth-order valence-corrected chi connectivity index (χ4v) is 3.38. The van der Waals surface area contributed by atoms with Gasteiger partial charge in [-0.05, 0) is 38.6 Å². The summed E-state index contributed by atoms with van der Waals surface area (Å²) >= 11 is 0. The lowest BCUT2D eigenvalue weighted by Crippen LogP contribution is -2.44. The predicted octanol–water partition coefficient (Wildman–Crippen LogP) is 3.44. The lowest BCUT2D eigenvalue weighted by molar-refractivity contribution is -0.120. The van der Waals surface area contributed by atoms with E-state index in [2.05, 4.69) is 24.4 Å². The third-order valence-electron chi connectivity index (χ3n) is 4.96. The molecule has 136 valence electrons. The Balaban J connectivity index is 1.81. The predicted molar refractivity (Wildman–Crippen MR) is 104 cm³/mol. The van der Waals surface area contributed by atoms with Crippen molar-refractivity contribution in [3.8, 4) is 0 Å². The number of likely N-dealkylation sites (N-methyl/N-ethyl adjacent to an activating group) is 1. The number of benzene rings is 2. The minimum Gasteiger partial charge on any atom is -0.324 e. The SMILES string of the molecule is C[C@H](c1ccccc1)N(C)CC(=O)N1c2ccccc2NC(=O)C[C@H]1C. The number of amides is 2. The molecule has 1 heterocycles. The Kier molecular flexibility index (Phi) is 5.38. The van der Waals surface area contributed by atoms with Crippen LogP contribution in [0, 0.1) is 0 Å². The van der Waals surface area contributed by atoms with Crippen LogP contribution in [0.3, 0.4) is 0 Å². The Hall–Kier alpha value is -2.66. The highest BCUT2D eigenvalue weighted by molar-refractivity contribution is 6.04. The molecule has 5 heteroatoms. The molecular formula is C21H25N3O2. The average Bonchev–Trinajstić information content (AvgIpc) is 2.75. The summed E-state index contributed by atoms with van der Waals surface area (Å²) < 4.78 is 0. The van der Waals surface area contributed by atoms with Gasteiger partial charge in [-0.15, -0.1) is 0 Å². The number of nitrogens with zero attached hydrogens (tertiary/aromatic N) is 2. The lowest BCUT2D eigenvalue weighted by atomic mass is 10.1. The quantitative estimate of drug-likeness (QED) is 0.918. The lowest BCUT2D eigenvalue weighted by Gasteiger charge is -2.31. The second-order valence-corrected chi connectivity index (χ2v) is 6.88. The number of para-hydroxylation sites is 2. The molecule has 0 saturated carbocycles. The van der Waals surface area contributed by atoms with Crippen molar-refractivity contribution in [3.05, 3.63) is 60.2 Å². The van der Waals surface area contributed by atoms with Crippen LogP contribution in [0.4, 0.5) is 11.4 Å². The molecule has 1 N–H and O–H groups in total. The van der Waals surface area contributed by atoms with Crippen LogP contribution < -0.4 is 10.2 Å². The first-order chi connectivity index (χ1) is 12.5. The van der Waals surface area contributed by atoms with Gasteiger partial charge in [-0.3, -0.25) is 14.5 Å². The zero-order valence-electron chi connectivity index (χ0n) is 15.5. The fourth-order valence-electron chi connectivity index (χ4n) is 3.38. The molecule has 0 fully saturated rings. The Labute approximate surface area is 154 Å². The molecule has 0 unspecified atom stereocenters. The van der Waals surface area contributed by atoms with E-state index in [4.69, 9.17) is 0 Å². The summed E-state index contributed by atoms with van der Waals surface area (Å²) in [6.45, 7) is 4.29. The number of hydrogen-bond donors (Lipinski definition) is 1. The molecule has 2 aromatic carbocycles. The molecule has 1 aliphatic rings. The highest BCUT2D eigenvalue weighted by atomic mass is 16.2. The summed E-state index contributed by atoms with van der Waals surface area (Å²) in [6.07, 6.45) is 0.290. The van der Waals surface area contributed by atoms with E-state index in [0.29, 0.717) is 12.1 Å². The van der Waals surface area contributed by atoms with Gasteiger partial charge in [0.15, 0.2) is 0 Å².